The number of likely N-dealkylation sites (tertiary alicyclic amines) is 1. The van der Waals surface area contributed by atoms with Crippen LogP contribution in [0.4, 0.5) is 0 Å². The fraction of sp³-hybridized carbons (Fsp3) is 0.529. The summed E-state index contributed by atoms with van der Waals surface area (Å²) in [4.78, 5) is 14.1. The van der Waals surface area contributed by atoms with E-state index in [0.29, 0.717) is 6.42 Å². The van der Waals surface area contributed by atoms with Gasteiger partial charge >= 0.3 is 0 Å². The van der Waals surface area contributed by atoms with Gasteiger partial charge in [0.05, 0.1) is 11.5 Å². The van der Waals surface area contributed by atoms with Gasteiger partial charge < -0.3 is 4.90 Å². The summed E-state index contributed by atoms with van der Waals surface area (Å²) in [6, 6.07) is 10.6. The second-order valence-electron chi connectivity index (χ2n) is 5.98. The number of hydrogen-bond acceptors (Lipinski definition) is 2. The van der Waals surface area contributed by atoms with Gasteiger partial charge in [-0.2, -0.15) is 5.26 Å². The predicted octanol–water partition coefficient (Wildman–Crippen LogP) is 3.08. The number of hydrogen-bond donors (Lipinski definition) is 0. The fourth-order valence-corrected chi connectivity index (χ4v) is 2.65. The molecule has 0 radical (unpaired) electrons. The summed E-state index contributed by atoms with van der Waals surface area (Å²) >= 11 is 0. The zero-order chi connectivity index (χ0) is 14.6. The molecule has 106 valence electrons. The molecule has 0 unspecified atom stereocenters. The third kappa shape index (κ3) is 3.39. The lowest BCUT2D eigenvalue weighted by Gasteiger charge is -2.35. The van der Waals surface area contributed by atoms with Crippen molar-refractivity contribution in [3.8, 4) is 6.07 Å². The monoisotopic (exact) mass is 270 g/mol. The molecule has 0 saturated carbocycles. The Kier molecular flexibility index (Phi) is 4.44. The van der Waals surface area contributed by atoms with Crippen LogP contribution in [0.15, 0.2) is 24.3 Å². The van der Waals surface area contributed by atoms with E-state index in [4.69, 9.17) is 5.26 Å². The molecular formula is C17H22N2O. The minimum atomic E-state index is -0.243. The van der Waals surface area contributed by atoms with E-state index in [1.165, 1.54) is 11.1 Å². The number of carbonyl (C=O) groups is 1. The standard InChI is InChI=1S/C17H22N2O/c1-14-5-3-4-6-15(14)7-8-16(20)19-11-9-17(2,13-18)10-12-19/h3-6H,7-12H2,1-2H3. The van der Waals surface area contributed by atoms with Crippen LogP contribution in [-0.4, -0.2) is 23.9 Å². The Balaban J connectivity index is 1.85. The van der Waals surface area contributed by atoms with Crippen molar-refractivity contribution in [3.63, 3.8) is 0 Å². The Morgan fingerprint density at radius 1 is 1.35 bits per heavy atom. The summed E-state index contributed by atoms with van der Waals surface area (Å²) in [5, 5.41) is 9.10. The molecule has 1 fully saturated rings. The molecule has 1 aromatic rings. The highest BCUT2D eigenvalue weighted by Gasteiger charge is 2.31. The zero-order valence-electron chi connectivity index (χ0n) is 12.4. The van der Waals surface area contributed by atoms with E-state index in [1.54, 1.807) is 0 Å². The van der Waals surface area contributed by atoms with Crippen LogP contribution >= 0.6 is 0 Å². The van der Waals surface area contributed by atoms with Gasteiger partial charge in [-0.05, 0) is 44.2 Å². The van der Waals surface area contributed by atoms with Gasteiger partial charge in [-0.25, -0.2) is 0 Å². The van der Waals surface area contributed by atoms with Crippen LogP contribution in [0, 0.1) is 23.7 Å². The van der Waals surface area contributed by atoms with Gasteiger partial charge in [0.15, 0.2) is 0 Å². The number of nitrogens with zero attached hydrogens (tertiary/aromatic N) is 2. The van der Waals surface area contributed by atoms with Crippen molar-refractivity contribution in [2.75, 3.05) is 13.1 Å². The van der Waals surface area contributed by atoms with Gasteiger partial charge in [0.2, 0.25) is 5.91 Å². The fourth-order valence-electron chi connectivity index (χ4n) is 2.65. The first-order valence-corrected chi connectivity index (χ1v) is 7.28. The summed E-state index contributed by atoms with van der Waals surface area (Å²) in [5.74, 6) is 0.216. The van der Waals surface area contributed by atoms with Crippen LogP contribution in [0.25, 0.3) is 0 Å². The van der Waals surface area contributed by atoms with E-state index < -0.39 is 0 Å². The highest BCUT2D eigenvalue weighted by Crippen LogP contribution is 2.30. The van der Waals surface area contributed by atoms with Crippen molar-refractivity contribution in [1.29, 1.82) is 5.26 Å². The number of nitriles is 1. The van der Waals surface area contributed by atoms with Crippen LogP contribution < -0.4 is 0 Å². The Morgan fingerprint density at radius 3 is 2.60 bits per heavy atom. The van der Waals surface area contributed by atoms with Gasteiger partial charge in [-0.3, -0.25) is 4.79 Å². The minimum Gasteiger partial charge on any atom is -0.343 e. The molecule has 2 rings (SSSR count). The molecule has 1 aliphatic rings. The lowest BCUT2D eigenvalue weighted by Crippen LogP contribution is -2.41. The molecule has 0 bridgehead atoms. The quantitative estimate of drug-likeness (QED) is 0.847. The van der Waals surface area contributed by atoms with Crippen molar-refractivity contribution in [2.45, 2.75) is 39.5 Å². The molecule has 1 saturated heterocycles. The molecule has 1 aromatic carbocycles. The van der Waals surface area contributed by atoms with Gasteiger partial charge in [0.1, 0.15) is 0 Å². The number of piperidine rings is 1. The molecule has 1 aliphatic heterocycles. The lowest BCUT2D eigenvalue weighted by atomic mass is 9.82. The lowest BCUT2D eigenvalue weighted by molar-refractivity contribution is -0.132. The average Bonchev–Trinajstić information content (AvgIpc) is 2.47. The number of carbonyl (C=O) groups excluding carboxylic acids is 1. The second kappa shape index (κ2) is 6.09. The van der Waals surface area contributed by atoms with Crippen LogP contribution in [0.5, 0.6) is 0 Å². The van der Waals surface area contributed by atoms with E-state index in [2.05, 4.69) is 25.1 Å². The smallest absolute Gasteiger partial charge is 0.222 e. The predicted molar refractivity (Wildman–Crippen MR) is 79.0 cm³/mol. The summed E-state index contributed by atoms with van der Waals surface area (Å²) in [6.45, 7) is 5.51. The summed E-state index contributed by atoms with van der Waals surface area (Å²) in [5.41, 5.74) is 2.25. The molecule has 3 nitrogen and oxygen atoms in total. The summed E-state index contributed by atoms with van der Waals surface area (Å²) in [6.07, 6.45) is 2.95. The maximum absolute atomic E-state index is 12.2. The van der Waals surface area contributed by atoms with Gasteiger partial charge in [0.25, 0.3) is 0 Å². The first kappa shape index (κ1) is 14.6. The van der Waals surface area contributed by atoms with Crippen LogP contribution in [0.3, 0.4) is 0 Å². The van der Waals surface area contributed by atoms with Gasteiger partial charge in [-0.15, -0.1) is 0 Å². The third-order valence-electron chi connectivity index (χ3n) is 4.36. The first-order chi connectivity index (χ1) is 9.54. The zero-order valence-corrected chi connectivity index (χ0v) is 12.4. The number of aryl methyl sites for hydroxylation is 2. The van der Waals surface area contributed by atoms with Crippen molar-refractivity contribution in [2.24, 2.45) is 5.41 Å². The molecule has 0 aliphatic carbocycles. The van der Waals surface area contributed by atoms with Crippen molar-refractivity contribution in [1.82, 2.24) is 4.90 Å². The molecule has 0 aromatic heterocycles. The maximum atomic E-state index is 12.2. The largest absolute Gasteiger partial charge is 0.343 e. The molecule has 0 spiro atoms. The van der Waals surface area contributed by atoms with Gasteiger partial charge in [-0.1, -0.05) is 24.3 Å². The van der Waals surface area contributed by atoms with E-state index >= 15 is 0 Å². The molecule has 20 heavy (non-hydrogen) atoms. The Morgan fingerprint density at radius 2 is 2.00 bits per heavy atom. The number of amides is 1. The van der Waals surface area contributed by atoms with Crippen LogP contribution in [-0.2, 0) is 11.2 Å². The summed E-state index contributed by atoms with van der Waals surface area (Å²) in [7, 11) is 0. The van der Waals surface area contributed by atoms with Crippen LogP contribution in [0.2, 0.25) is 0 Å². The summed E-state index contributed by atoms with van der Waals surface area (Å²) < 4.78 is 0. The molecule has 0 atom stereocenters. The Labute approximate surface area is 121 Å². The molecular weight excluding hydrogens is 248 g/mol. The first-order valence-electron chi connectivity index (χ1n) is 7.28. The number of rotatable bonds is 3. The van der Waals surface area contributed by atoms with E-state index in [0.717, 1.165) is 32.4 Å². The van der Waals surface area contributed by atoms with Crippen molar-refractivity contribution >= 4 is 5.91 Å². The normalized spacial score (nSPS) is 17.6. The van der Waals surface area contributed by atoms with E-state index in [1.807, 2.05) is 24.0 Å². The SMILES string of the molecule is Cc1ccccc1CCC(=O)N1CCC(C)(C#N)CC1. The Bertz CT molecular complexity index is 522. The maximum Gasteiger partial charge on any atom is 0.222 e. The molecule has 1 heterocycles. The molecule has 3 heteroatoms. The second-order valence-corrected chi connectivity index (χ2v) is 5.98. The average molecular weight is 270 g/mol. The molecule has 0 N–H and O–H groups in total. The number of benzene rings is 1. The van der Waals surface area contributed by atoms with E-state index in [9.17, 15) is 4.79 Å². The van der Waals surface area contributed by atoms with Crippen LogP contribution in [0.1, 0.15) is 37.3 Å². The highest BCUT2D eigenvalue weighted by atomic mass is 16.2. The van der Waals surface area contributed by atoms with E-state index in [-0.39, 0.29) is 11.3 Å². The van der Waals surface area contributed by atoms with Crippen molar-refractivity contribution < 1.29 is 4.79 Å². The minimum absolute atomic E-state index is 0.216. The third-order valence-corrected chi connectivity index (χ3v) is 4.36. The Hall–Kier alpha value is -1.82. The highest BCUT2D eigenvalue weighted by molar-refractivity contribution is 5.76. The molecule has 1 amide bonds. The topological polar surface area (TPSA) is 44.1 Å². The van der Waals surface area contributed by atoms with Crippen molar-refractivity contribution in [3.05, 3.63) is 35.4 Å². The van der Waals surface area contributed by atoms with Gasteiger partial charge in [0, 0.05) is 19.5 Å².